The van der Waals surface area contributed by atoms with Crippen LogP contribution in [0.3, 0.4) is 0 Å². The third-order valence-corrected chi connectivity index (χ3v) is 3.08. The Labute approximate surface area is 110 Å². The molecule has 0 bridgehead atoms. The van der Waals surface area contributed by atoms with E-state index in [2.05, 4.69) is 11.1 Å². The highest BCUT2D eigenvalue weighted by molar-refractivity contribution is 5.88. The van der Waals surface area contributed by atoms with E-state index in [1.54, 1.807) is 12.1 Å². The molecule has 19 heavy (non-hydrogen) atoms. The highest BCUT2D eigenvalue weighted by atomic mass is 14.7. The van der Waals surface area contributed by atoms with Crippen molar-refractivity contribution in [2.24, 2.45) is 0 Å². The number of aromatic nitrogens is 1. The maximum Gasteiger partial charge on any atom is 0.101 e. The maximum atomic E-state index is 9.02. The van der Waals surface area contributed by atoms with Crippen LogP contribution in [0.1, 0.15) is 11.1 Å². The highest BCUT2D eigenvalue weighted by Crippen LogP contribution is 2.26. The van der Waals surface area contributed by atoms with Crippen LogP contribution in [0.4, 0.5) is 0 Å². The standard InChI is InChI=1S/C16H9N3/c17-9-13-6-12-7-15(11-4-2-1-3-5-11)19-16(12)8-14(13)10-18/h1-8,19H. The van der Waals surface area contributed by atoms with Crippen molar-refractivity contribution in [3.8, 4) is 23.4 Å². The fourth-order valence-electron chi connectivity index (χ4n) is 2.14. The second-order valence-corrected chi connectivity index (χ2v) is 4.26. The molecule has 0 saturated carbocycles. The lowest BCUT2D eigenvalue weighted by molar-refractivity contribution is 1.42. The third-order valence-electron chi connectivity index (χ3n) is 3.08. The van der Waals surface area contributed by atoms with E-state index in [1.165, 1.54) is 0 Å². The van der Waals surface area contributed by atoms with Crippen LogP contribution < -0.4 is 0 Å². The van der Waals surface area contributed by atoms with Crippen LogP contribution in [0.25, 0.3) is 22.2 Å². The molecule has 0 unspecified atom stereocenters. The number of benzene rings is 2. The first-order chi connectivity index (χ1) is 9.31. The van der Waals surface area contributed by atoms with Gasteiger partial charge in [0, 0.05) is 16.6 Å². The van der Waals surface area contributed by atoms with Crippen LogP contribution in [0.5, 0.6) is 0 Å². The molecule has 3 aromatic rings. The first-order valence-corrected chi connectivity index (χ1v) is 5.84. The van der Waals surface area contributed by atoms with Gasteiger partial charge >= 0.3 is 0 Å². The zero-order valence-corrected chi connectivity index (χ0v) is 10.0. The van der Waals surface area contributed by atoms with Crippen LogP contribution >= 0.6 is 0 Å². The van der Waals surface area contributed by atoms with Gasteiger partial charge in [0.1, 0.15) is 12.1 Å². The summed E-state index contributed by atoms with van der Waals surface area (Å²) in [6.07, 6.45) is 0. The van der Waals surface area contributed by atoms with Gasteiger partial charge in [-0.2, -0.15) is 10.5 Å². The van der Waals surface area contributed by atoms with Crippen molar-refractivity contribution < 1.29 is 0 Å². The van der Waals surface area contributed by atoms with Gasteiger partial charge < -0.3 is 4.98 Å². The van der Waals surface area contributed by atoms with E-state index in [-0.39, 0.29) is 0 Å². The van der Waals surface area contributed by atoms with Gasteiger partial charge in [-0.3, -0.25) is 0 Å². The normalized spacial score (nSPS) is 10.0. The number of rotatable bonds is 1. The molecule has 1 aromatic heterocycles. The molecule has 3 heteroatoms. The van der Waals surface area contributed by atoms with Gasteiger partial charge in [0.25, 0.3) is 0 Å². The monoisotopic (exact) mass is 243 g/mol. The van der Waals surface area contributed by atoms with E-state index in [4.69, 9.17) is 10.5 Å². The summed E-state index contributed by atoms with van der Waals surface area (Å²) in [6.45, 7) is 0. The lowest BCUT2D eigenvalue weighted by Crippen LogP contribution is -1.83. The van der Waals surface area contributed by atoms with Crippen molar-refractivity contribution in [3.63, 3.8) is 0 Å². The Bertz CT molecular complexity index is 779. The number of aromatic amines is 1. The molecule has 0 aliphatic carbocycles. The molecule has 0 aliphatic rings. The fraction of sp³-hybridized carbons (Fsp3) is 0. The molecule has 1 heterocycles. The summed E-state index contributed by atoms with van der Waals surface area (Å²) in [5.74, 6) is 0. The number of nitrogens with one attached hydrogen (secondary N) is 1. The Hall–Kier alpha value is -3.04. The SMILES string of the molecule is N#Cc1cc2cc(-c3ccccc3)[nH]c2cc1C#N. The van der Waals surface area contributed by atoms with Crippen molar-refractivity contribution in [2.45, 2.75) is 0 Å². The van der Waals surface area contributed by atoms with Crippen molar-refractivity contribution in [1.29, 1.82) is 10.5 Å². The average molecular weight is 243 g/mol. The summed E-state index contributed by atoms with van der Waals surface area (Å²) in [4.78, 5) is 3.28. The van der Waals surface area contributed by atoms with E-state index >= 15 is 0 Å². The smallest absolute Gasteiger partial charge is 0.101 e. The largest absolute Gasteiger partial charge is 0.354 e. The molecule has 0 spiro atoms. The van der Waals surface area contributed by atoms with Gasteiger partial charge in [0.2, 0.25) is 0 Å². The summed E-state index contributed by atoms with van der Waals surface area (Å²) < 4.78 is 0. The molecule has 0 fully saturated rings. The minimum absolute atomic E-state index is 0.400. The number of hydrogen-bond donors (Lipinski definition) is 1. The first-order valence-electron chi connectivity index (χ1n) is 5.84. The summed E-state index contributed by atoms with van der Waals surface area (Å²) >= 11 is 0. The molecule has 0 amide bonds. The van der Waals surface area contributed by atoms with Gasteiger partial charge in [-0.05, 0) is 23.8 Å². The molecule has 2 aromatic carbocycles. The summed E-state index contributed by atoms with van der Waals surface area (Å²) in [5, 5.41) is 19.0. The zero-order chi connectivity index (χ0) is 13.2. The van der Waals surface area contributed by atoms with Gasteiger partial charge in [-0.15, -0.1) is 0 Å². The van der Waals surface area contributed by atoms with Crippen molar-refractivity contribution in [2.75, 3.05) is 0 Å². The van der Waals surface area contributed by atoms with Crippen molar-refractivity contribution in [3.05, 3.63) is 59.7 Å². The Kier molecular flexibility index (Phi) is 2.52. The Morgan fingerprint density at radius 1 is 0.842 bits per heavy atom. The molecule has 1 N–H and O–H groups in total. The number of nitriles is 2. The van der Waals surface area contributed by atoms with E-state index < -0.39 is 0 Å². The third kappa shape index (κ3) is 1.84. The quantitative estimate of drug-likeness (QED) is 0.710. The Morgan fingerprint density at radius 2 is 1.53 bits per heavy atom. The lowest BCUT2D eigenvalue weighted by Gasteiger charge is -1.95. The maximum absolute atomic E-state index is 9.02. The van der Waals surface area contributed by atoms with Crippen LogP contribution in [0.15, 0.2) is 48.5 Å². The molecular formula is C16H9N3. The molecule has 0 aliphatic heterocycles. The van der Waals surface area contributed by atoms with E-state index in [9.17, 15) is 0 Å². The molecular weight excluding hydrogens is 234 g/mol. The van der Waals surface area contributed by atoms with Gasteiger partial charge in [0.05, 0.1) is 11.1 Å². The predicted octanol–water partition coefficient (Wildman–Crippen LogP) is 3.58. The fourth-order valence-corrected chi connectivity index (χ4v) is 2.14. The Morgan fingerprint density at radius 3 is 2.21 bits per heavy atom. The second kappa shape index (κ2) is 4.33. The predicted molar refractivity (Wildman–Crippen MR) is 73.2 cm³/mol. The van der Waals surface area contributed by atoms with E-state index in [1.807, 2.05) is 42.5 Å². The molecule has 0 atom stereocenters. The van der Waals surface area contributed by atoms with Crippen LogP contribution in [-0.2, 0) is 0 Å². The second-order valence-electron chi connectivity index (χ2n) is 4.26. The lowest BCUT2D eigenvalue weighted by atomic mass is 10.1. The van der Waals surface area contributed by atoms with Gasteiger partial charge in [0.15, 0.2) is 0 Å². The minimum Gasteiger partial charge on any atom is -0.354 e. The molecule has 3 rings (SSSR count). The number of nitrogens with zero attached hydrogens (tertiary/aromatic N) is 2. The summed E-state index contributed by atoms with van der Waals surface area (Å²) in [5.41, 5.74) is 3.74. The zero-order valence-electron chi connectivity index (χ0n) is 10.0. The van der Waals surface area contributed by atoms with Crippen LogP contribution in [-0.4, -0.2) is 4.98 Å². The molecule has 3 nitrogen and oxygen atoms in total. The molecule has 0 saturated heterocycles. The van der Waals surface area contributed by atoms with Gasteiger partial charge in [-0.1, -0.05) is 30.3 Å². The Balaban J connectivity index is 2.23. The minimum atomic E-state index is 0.400. The number of fused-ring (bicyclic) bond motifs is 1. The summed E-state index contributed by atoms with van der Waals surface area (Å²) in [6, 6.07) is 19.5. The van der Waals surface area contributed by atoms with Gasteiger partial charge in [-0.25, -0.2) is 0 Å². The number of hydrogen-bond acceptors (Lipinski definition) is 2. The van der Waals surface area contributed by atoms with Crippen molar-refractivity contribution >= 4 is 10.9 Å². The number of H-pyrrole nitrogens is 1. The average Bonchev–Trinajstić information content (AvgIpc) is 2.89. The highest BCUT2D eigenvalue weighted by Gasteiger charge is 2.08. The summed E-state index contributed by atoms with van der Waals surface area (Å²) in [7, 11) is 0. The van der Waals surface area contributed by atoms with E-state index in [0.29, 0.717) is 11.1 Å². The van der Waals surface area contributed by atoms with Crippen molar-refractivity contribution in [1.82, 2.24) is 4.98 Å². The van der Waals surface area contributed by atoms with Crippen LogP contribution in [0.2, 0.25) is 0 Å². The van der Waals surface area contributed by atoms with E-state index in [0.717, 1.165) is 22.2 Å². The van der Waals surface area contributed by atoms with Crippen LogP contribution in [0, 0.1) is 22.7 Å². The molecule has 88 valence electrons. The topological polar surface area (TPSA) is 63.4 Å². The molecule has 0 radical (unpaired) electrons. The first kappa shape index (κ1) is 11.1.